The molecule has 0 radical (unpaired) electrons. The van der Waals surface area contributed by atoms with Gasteiger partial charge in [-0.15, -0.1) is 11.8 Å². The molecule has 2 saturated heterocycles. The molecule has 0 spiro atoms. The predicted octanol–water partition coefficient (Wildman–Crippen LogP) is 4.09. The fraction of sp³-hybridized carbons (Fsp3) is 0.400. The van der Waals surface area contributed by atoms with E-state index >= 15 is 0 Å². The number of hydrogen-bond acceptors (Lipinski definition) is 4. The van der Waals surface area contributed by atoms with E-state index in [-0.39, 0.29) is 23.8 Å². The number of nitrogens with zero attached hydrogens (tertiary/aromatic N) is 2. The summed E-state index contributed by atoms with van der Waals surface area (Å²) in [6, 6.07) is 14.6. The Hall–Kier alpha value is -3.00. The highest BCUT2D eigenvalue weighted by Gasteiger charge is 2.39. The van der Waals surface area contributed by atoms with Crippen molar-refractivity contribution in [2.24, 2.45) is 5.92 Å². The molecule has 8 heteroatoms. The zero-order chi connectivity index (χ0) is 23.4. The lowest BCUT2D eigenvalue weighted by molar-refractivity contribution is -0.140. The molecule has 4 amide bonds. The van der Waals surface area contributed by atoms with E-state index in [1.54, 1.807) is 21.6 Å². The van der Waals surface area contributed by atoms with Crippen LogP contribution in [0.3, 0.4) is 0 Å². The van der Waals surface area contributed by atoms with Crippen LogP contribution in [0.2, 0.25) is 0 Å². The lowest BCUT2D eigenvalue weighted by Gasteiger charge is -2.34. The van der Waals surface area contributed by atoms with E-state index in [0.717, 1.165) is 16.9 Å². The summed E-state index contributed by atoms with van der Waals surface area (Å²) in [5.74, 6) is 0.834. The second-order valence-electron chi connectivity index (χ2n) is 8.67. The number of carbonyl (C=O) groups is 3. The predicted molar refractivity (Wildman–Crippen MR) is 132 cm³/mol. The van der Waals surface area contributed by atoms with Crippen LogP contribution in [-0.2, 0) is 9.59 Å². The van der Waals surface area contributed by atoms with Crippen molar-refractivity contribution in [3.8, 4) is 0 Å². The molecule has 2 N–H and O–H groups in total. The largest absolute Gasteiger partial charge is 0.324 e. The number of piperidine rings is 1. The fourth-order valence-corrected chi connectivity index (χ4v) is 5.37. The van der Waals surface area contributed by atoms with E-state index < -0.39 is 6.04 Å². The summed E-state index contributed by atoms with van der Waals surface area (Å²) < 4.78 is 0. The smallest absolute Gasteiger partial charge is 0.321 e. The molecule has 2 aliphatic rings. The van der Waals surface area contributed by atoms with Gasteiger partial charge in [0.2, 0.25) is 11.8 Å². The normalized spacial score (nSPS) is 18.8. The maximum Gasteiger partial charge on any atom is 0.321 e. The van der Waals surface area contributed by atoms with Crippen LogP contribution < -0.4 is 10.6 Å². The quantitative estimate of drug-likeness (QED) is 0.711. The van der Waals surface area contributed by atoms with Crippen molar-refractivity contribution in [3.05, 3.63) is 59.7 Å². The number of anilines is 2. The zero-order valence-electron chi connectivity index (χ0n) is 19.0. The molecule has 2 fully saturated rings. The van der Waals surface area contributed by atoms with Gasteiger partial charge < -0.3 is 20.4 Å². The molecule has 2 heterocycles. The first-order valence-electron chi connectivity index (χ1n) is 11.3. The second kappa shape index (κ2) is 10.3. The summed E-state index contributed by atoms with van der Waals surface area (Å²) in [6.45, 7) is 5.09. The molecule has 0 aliphatic carbocycles. The number of carbonyl (C=O) groups excluding carboxylic acids is 3. The van der Waals surface area contributed by atoms with Gasteiger partial charge in [-0.05, 0) is 62.1 Å². The summed E-state index contributed by atoms with van der Waals surface area (Å²) in [4.78, 5) is 42.2. The van der Waals surface area contributed by atoms with Crippen LogP contribution in [0.1, 0.15) is 24.0 Å². The third-order valence-electron chi connectivity index (χ3n) is 6.40. The van der Waals surface area contributed by atoms with Gasteiger partial charge in [0.05, 0.1) is 5.88 Å². The Morgan fingerprint density at radius 1 is 0.909 bits per heavy atom. The summed E-state index contributed by atoms with van der Waals surface area (Å²) in [5, 5.41) is 5.88. The minimum absolute atomic E-state index is 0.0170. The average molecular weight is 467 g/mol. The van der Waals surface area contributed by atoms with Gasteiger partial charge in [0.1, 0.15) is 6.04 Å². The molecule has 0 aromatic heterocycles. The van der Waals surface area contributed by atoms with E-state index in [1.165, 1.54) is 5.56 Å². The van der Waals surface area contributed by atoms with E-state index in [4.69, 9.17) is 0 Å². The number of likely N-dealkylation sites (tertiary alicyclic amines) is 1. The summed E-state index contributed by atoms with van der Waals surface area (Å²) >= 11 is 1.60. The first-order valence-corrected chi connectivity index (χ1v) is 12.4. The topological polar surface area (TPSA) is 81.8 Å². The van der Waals surface area contributed by atoms with Crippen molar-refractivity contribution in [1.82, 2.24) is 9.80 Å². The molecule has 0 bridgehead atoms. The van der Waals surface area contributed by atoms with Gasteiger partial charge in [-0.25, -0.2) is 4.79 Å². The number of hydrogen-bond donors (Lipinski definition) is 2. The van der Waals surface area contributed by atoms with Crippen LogP contribution in [0.4, 0.5) is 16.2 Å². The average Bonchev–Trinajstić information content (AvgIpc) is 3.32. The number of thioether (sulfide) groups is 1. The number of urea groups is 1. The standard InChI is InChI=1S/C25H30N4O3S/c1-17-8-9-21(14-18(17)2)26-23(30)22-15-33-16-29(22)24(31)19-10-12-28(13-11-19)25(32)27-20-6-4-3-5-7-20/h3-9,14,19,22H,10-13,15-16H2,1-2H3,(H,26,30)(H,27,32). The van der Waals surface area contributed by atoms with E-state index in [9.17, 15) is 14.4 Å². The highest BCUT2D eigenvalue weighted by Crippen LogP contribution is 2.28. The van der Waals surface area contributed by atoms with Crippen molar-refractivity contribution in [3.63, 3.8) is 0 Å². The van der Waals surface area contributed by atoms with Crippen LogP contribution >= 0.6 is 11.8 Å². The first kappa shape index (κ1) is 23.2. The highest BCUT2D eigenvalue weighted by atomic mass is 32.2. The first-order chi connectivity index (χ1) is 15.9. The van der Waals surface area contributed by atoms with Crippen molar-refractivity contribution in [1.29, 1.82) is 0 Å². The van der Waals surface area contributed by atoms with Gasteiger partial charge in [0, 0.05) is 36.1 Å². The number of nitrogens with one attached hydrogen (secondary N) is 2. The van der Waals surface area contributed by atoms with Gasteiger partial charge in [0.15, 0.2) is 0 Å². The zero-order valence-corrected chi connectivity index (χ0v) is 19.9. The Kier molecular flexibility index (Phi) is 7.23. The molecule has 2 aromatic rings. The van der Waals surface area contributed by atoms with Gasteiger partial charge in [0.25, 0.3) is 0 Å². The molecule has 2 aliphatic heterocycles. The minimum Gasteiger partial charge on any atom is -0.324 e. The van der Waals surface area contributed by atoms with Crippen LogP contribution in [0.15, 0.2) is 48.5 Å². The van der Waals surface area contributed by atoms with Gasteiger partial charge in [-0.3, -0.25) is 9.59 Å². The lowest BCUT2D eigenvalue weighted by atomic mass is 9.95. The Balaban J connectivity index is 1.31. The maximum atomic E-state index is 13.2. The summed E-state index contributed by atoms with van der Waals surface area (Å²) in [6.07, 6.45) is 1.21. The summed E-state index contributed by atoms with van der Waals surface area (Å²) in [5.41, 5.74) is 3.80. The third-order valence-corrected chi connectivity index (χ3v) is 7.41. The summed E-state index contributed by atoms with van der Waals surface area (Å²) in [7, 11) is 0. The number of rotatable bonds is 4. The van der Waals surface area contributed by atoms with Crippen LogP contribution in [-0.4, -0.2) is 58.4 Å². The molecular weight excluding hydrogens is 436 g/mol. The maximum absolute atomic E-state index is 13.2. The van der Waals surface area contributed by atoms with E-state index in [2.05, 4.69) is 10.6 Å². The molecule has 0 saturated carbocycles. The van der Waals surface area contributed by atoms with Crippen LogP contribution in [0, 0.1) is 19.8 Å². The third kappa shape index (κ3) is 5.50. The molecule has 7 nitrogen and oxygen atoms in total. The molecule has 174 valence electrons. The van der Waals surface area contributed by atoms with E-state index in [1.807, 2.05) is 62.4 Å². The lowest BCUT2D eigenvalue weighted by Crippen LogP contribution is -2.49. The Morgan fingerprint density at radius 2 is 1.64 bits per heavy atom. The molecule has 1 atom stereocenters. The minimum atomic E-state index is -0.469. The van der Waals surface area contributed by atoms with Crippen molar-refractivity contribution < 1.29 is 14.4 Å². The molecule has 2 aromatic carbocycles. The fourth-order valence-electron chi connectivity index (χ4n) is 4.21. The highest BCUT2D eigenvalue weighted by molar-refractivity contribution is 7.99. The van der Waals surface area contributed by atoms with Gasteiger partial charge >= 0.3 is 6.03 Å². The SMILES string of the molecule is Cc1ccc(NC(=O)C2CSCN2C(=O)C2CCN(C(=O)Nc3ccccc3)CC2)cc1C. The number of aryl methyl sites for hydroxylation is 2. The number of para-hydroxylation sites is 1. The molecule has 4 rings (SSSR count). The van der Waals surface area contributed by atoms with Crippen molar-refractivity contribution in [2.45, 2.75) is 32.7 Å². The number of amides is 4. The molecular formula is C25H30N4O3S. The Bertz CT molecular complexity index is 1020. The van der Waals surface area contributed by atoms with Crippen LogP contribution in [0.5, 0.6) is 0 Å². The van der Waals surface area contributed by atoms with Gasteiger partial charge in [-0.1, -0.05) is 24.3 Å². The van der Waals surface area contributed by atoms with Gasteiger partial charge in [-0.2, -0.15) is 0 Å². The molecule has 33 heavy (non-hydrogen) atoms. The Morgan fingerprint density at radius 3 is 2.33 bits per heavy atom. The van der Waals surface area contributed by atoms with E-state index in [0.29, 0.717) is 37.6 Å². The second-order valence-corrected chi connectivity index (χ2v) is 9.67. The van der Waals surface area contributed by atoms with Crippen LogP contribution in [0.25, 0.3) is 0 Å². The number of benzene rings is 2. The van der Waals surface area contributed by atoms with Crippen molar-refractivity contribution >= 4 is 41.0 Å². The monoisotopic (exact) mass is 466 g/mol. The molecule has 1 unspecified atom stereocenters. The van der Waals surface area contributed by atoms with Crippen molar-refractivity contribution in [2.75, 3.05) is 35.4 Å². The Labute approximate surface area is 198 Å².